The van der Waals surface area contributed by atoms with E-state index in [1.165, 1.54) is 0 Å². The fourth-order valence-electron chi connectivity index (χ4n) is 2.91. The number of benzene rings is 2. The number of halogens is 2. The van der Waals surface area contributed by atoms with E-state index in [0.717, 1.165) is 45.1 Å². The first-order chi connectivity index (χ1) is 11.7. The summed E-state index contributed by atoms with van der Waals surface area (Å²) in [5.41, 5.74) is 2.95. The van der Waals surface area contributed by atoms with Crippen LogP contribution in [0.3, 0.4) is 0 Å². The predicted octanol–water partition coefficient (Wildman–Crippen LogP) is 4.74. The Labute approximate surface area is 164 Å². The normalized spacial score (nSPS) is 11.5. The smallest absolute Gasteiger partial charge is 0.231 e. The van der Waals surface area contributed by atoms with Gasteiger partial charge < -0.3 is 19.5 Å². The van der Waals surface area contributed by atoms with Crippen molar-refractivity contribution in [3.05, 3.63) is 53.9 Å². The first-order valence-electron chi connectivity index (χ1n) is 7.81. The number of nitrogens with zero attached hydrogens (tertiary/aromatic N) is 1. The van der Waals surface area contributed by atoms with Gasteiger partial charge in [-0.3, -0.25) is 4.98 Å². The minimum Gasteiger partial charge on any atom is -0.497 e. The van der Waals surface area contributed by atoms with Gasteiger partial charge in [0.05, 0.1) is 19.3 Å². The molecule has 26 heavy (non-hydrogen) atoms. The van der Waals surface area contributed by atoms with Gasteiger partial charge in [-0.2, -0.15) is 0 Å². The molecule has 0 radical (unpaired) electrons. The Kier molecular flexibility index (Phi) is 6.40. The molecule has 2 heterocycles. The third kappa shape index (κ3) is 3.89. The Morgan fingerprint density at radius 3 is 2.62 bits per heavy atom. The van der Waals surface area contributed by atoms with Crippen molar-refractivity contribution in [2.24, 2.45) is 0 Å². The number of pyridine rings is 1. The average Bonchev–Trinajstić information content (AvgIpc) is 3.05. The summed E-state index contributed by atoms with van der Waals surface area (Å²) in [6.07, 6.45) is 0. The first-order valence-corrected chi connectivity index (χ1v) is 7.81. The summed E-state index contributed by atoms with van der Waals surface area (Å²) in [4.78, 5) is 4.69. The number of fused-ring (bicyclic) bond motifs is 2. The number of ether oxygens (including phenoxy) is 3. The van der Waals surface area contributed by atoms with Gasteiger partial charge >= 0.3 is 0 Å². The highest BCUT2D eigenvalue weighted by molar-refractivity contribution is 5.88. The quantitative estimate of drug-likeness (QED) is 0.692. The number of methoxy groups -OCH3 is 1. The zero-order chi connectivity index (χ0) is 16.5. The zero-order valence-corrected chi connectivity index (χ0v) is 16.1. The lowest BCUT2D eigenvalue weighted by Gasteiger charge is -2.11. The molecule has 0 saturated heterocycles. The molecule has 1 aromatic heterocycles. The lowest BCUT2D eigenvalue weighted by atomic mass is 10.1. The van der Waals surface area contributed by atoms with Crippen molar-refractivity contribution in [2.45, 2.75) is 13.5 Å². The molecule has 2 aromatic carbocycles. The van der Waals surface area contributed by atoms with Gasteiger partial charge in [0.25, 0.3) is 0 Å². The topological polar surface area (TPSA) is 52.6 Å². The molecule has 1 N–H and O–H groups in total. The van der Waals surface area contributed by atoms with Gasteiger partial charge in [-0.15, -0.1) is 24.8 Å². The monoisotopic (exact) mass is 394 g/mol. The summed E-state index contributed by atoms with van der Waals surface area (Å²) in [7, 11) is 1.66. The summed E-state index contributed by atoms with van der Waals surface area (Å²) in [6, 6.07) is 13.9. The van der Waals surface area contributed by atoms with Crippen molar-refractivity contribution in [3.8, 4) is 17.2 Å². The van der Waals surface area contributed by atoms with Gasteiger partial charge in [0.1, 0.15) is 5.75 Å². The van der Waals surface area contributed by atoms with Crippen molar-refractivity contribution >= 4 is 41.3 Å². The standard InChI is InChI=1S/C19H18N2O3.2ClH/c1-12-6-13-7-18-19(24-11-23-18)9-16(13)17(21-12)10-20-14-4-3-5-15(8-14)22-2;;/h3-9,20H,10-11H2,1-2H3;2*1H. The van der Waals surface area contributed by atoms with Crippen LogP contribution in [0.5, 0.6) is 17.2 Å². The summed E-state index contributed by atoms with van der Waals surface area (Å²) in [6.45, 7) is 2.89. The highest BCUT2D eigenvalue weighted by Crippen LogP contribution is 2.37. The van der Waals surface area contributed by atoms with E-state index in [-0.39, 0.29) is 31.6 Å². The highest BCUT2D eigenvalue weighted by atomic mass is 35.5. The maximum Gasteiger partial charge on any atom is 0.231 e. The predicted molar refractivity (Wildman–Crippen MR) is 107 cm³/mol. The third-order valence-electron chi connectivity index (χ3n) is 4.06. The van der Waals surface area contributed by atoms with E-state index in [1.54, 1.807) is 7.11 Å². The van der Waals surface area contributed by atoms with Crippen LogP contribution in [-0.4, -0.2) is 18.9 Å². The van der Waals surface area contributed by atoms with Crippen molar-refractivity contribution in [1.82, 2.24) is 4.98 Å². The number of aryl methyl sites for hydroxylation is 1. The Balaban J connectivity index is 0.00000121. The van der Waals surface area contributed by atoms with Crippen molar-refractivity contribution in [1.29, 1.82) is 0 Å². The fraction of sp³-hybridized carbons (Fsp3) is 0.211. The minimum absolute atomic E-state index is 0. The third-order valence-corrected chi connectivity index (χ3v) is 4.06. The Morgan fingerprint density at radius 1 is 1.08 bits per heavy atom. The Hall–Kier alpha value is -2.37. The highest BCUT2D eigenvalue weighted by Gasteiger charge is 2.16. The molecular weight excluding hydrogens is 375 g/mol. The molecule has 0 aliphatic carbocycles. The fourth-order valence-corrected chi connectivity index (χ4v) is 2.91. The van der Waals surface area contributed by atoms with E-state index in [2.05, 4.69) is 11.4 Å². The van der Waals surface area contributed by atoms with Crippen molar-refractivity contribution in [2.75, 3.05) is 19.2 Å². The molecule has 0 bridgehead atoms. The van der Waals surface area contributed by atoms with Crippen molar-refractivity contribution in [3.63, 3.8) is 0 Å². The molecule has 0 atom stereocenters. The van der Waals surface area contributed by atoms with Gasteiger partial charge in [0, 0.05) is 22.8 Å². The van der Waals surface area contributed by atoms with Gasteiger partial charge in [-0.25, -0.2) is 0 Å². The largest absolute Gasteiger partial charge is 0.497 e. The molecule has 0 saturated carbocycles. The van der Waals surface area contributed by atoms with E-state index < -0.39 is 0 Å². The van der Waals surface area contributed by atoms with Crippen LogP contribution in [0.15, 0.2) is 42.5 Å². The maximum absolute atomic E-state index is 5.50. The molecule has 0 unspecified atom stereocenters. The minimum atomic E-state index is 0. The zero-order valence-electron chi connectivity index (χ0n) is 14.4. The van der Waals surface area contributed by atoms with Gasteiger partial charge in [0.15, 0.2) is 11.5 Å². The molecule has 7 heteroatoms. The van der Waals surface area contributed by atoms with E-state index in [1.807, 2.05) is 43.3 Å². The second kappa shape index (κ2) is 8.34. The molecule has 3 aromatic rings. The first kappa shape index (κ1) is 19.9. The SMILES string of the molecule is COc1cccc(NCc2nc(C)cc3cc4c(cc23)OCO4)c1.Cl.Cl. The maximum atomic E-state index is 5.50. The molecular formula is C19H20Cl2N2O3. The summed E-state index contributed by atoms with van der Waals surface area (Å²) in [5.74, 6) is 2.39. The summed E-state index contributed by atoms with van der Waals surface area (Å²) in [5, 5.41) is 5.58. The van der Waals surface area contributed by atoms with Crippen LogP contribution in [0.1, 0.15) is 11.4 Å². The Morgan fingerprint density at radius 2 is 1.85 bits per heavy atom. The Bertz CT molecular complexity index is 919. The van der Waals surface area contributed by atoms with Crippen LogP contribution in [0, 0.1) is 6.92 Å². The van der Waals surface area contributed by atoms with Crippen molar-refractivity contribution < 1.29 is 14.2 Å². The lowest BCUT2D eigenvalue weighted by Crippen LogP contribution is -2.04. The molecule has 5 nitrogen and oxygen atoms in total. The van der Waals surface area contributed by atoms with Gasteiger partial charge in [-0.05, 0) is 42.6 Å². The summed E-state index contributed by atoms with van der Waals surface area (Å²) >= 11 is 0. The second-order valence-electron chi connectivity index (χ2n) is 5.72. The summed E-state index contributed by atoms with van der Waals surface area (Å²) < 4.78 is 16.2. The van der Waals surface area contributed by atoms with Crippen LogP contribution in [-0.2, 0) is 6.54 Å². The lowest BCUT2D eigenvalue weighted by molar-refractivity contribution is 0.174. The van der Waals surface area contributed by atoms with Crippen LogP contribution in [0.2, 0.25) is 0 Å². The molecule has 4 rings (SSSR count). The number of anilines is 1. The number of hydrogen-bond donors (Lipinski definition) is 1. The number of rotatable bonds is 4. The van der Waals surface area contributed by atoms with Gasteiger partial charge in [0.2, 0.25) is 6.79 Å². The van der Waals surface area contributed by atoms with E-state index in [4.69, 9.17) is 19.2 Å². The van der Waals surface area contributed by atoms with Crippen LogP contribution in [0.4, 0.5) is 5.69 Å². The van der Waals surface area contributed by atoms with Crippen LogP contribution in [0.25, 0.3) is 10.8 Å². The number of nitrogens with one attached hydrogen (secondary N) is 1. The molecule has 1 aliphatic heterocycles. The molecule has 0 fully saturated rings. The molecule has 0 spiro atoms. The number of hydrogen-bond acceptors (Lipinski definition) is 5. The molecule has 138 valence electrons. The van der Waals surface area contributed by atoms with Gasteiger partial charge in [-0.1, -0.05) is 6.07 Å². The second-order valence-corrected chi connectivity index (χ2v) is 5.72. The van der Waals surface area contributed by atoms with E-state index in [9.17, 15) is 0 Å². The van der Waals surface area contributed by atoms with Crippen LogP contribution >= 0.6 is 24.8 Å². The molecule has 1 aliphatic rings. The van der Waals surface area contributed by atoms with Crippen LogP contribution < -0.4 is 19.5 Å². The molecule has 0 amide bonds. The number of aromatic nitrogens is 1. The van der Waals surface area contributed by atoms with E-state index >= 15 is 0 Å². The average molecular weight is 395 g/mol. The van der Waals surface area contributed by atoms with E-state index in [0.29, 0.717) is 6.54 Å².